The number of carbonyl (C=O) groups excluding carboxylic acids is 1. The highest BCUT2D eigenvalue weighted by Crippen LogP contribution is 2.05. The van der Waals surface area contributed by atoms with E-state index in [9.17, 15) is 4.79 Å². The van der Waals surface area contributed by atoms with E-state index >= 15 is 0 Å². The predicted molar refractivity (Wildman–Crippen MR) is 47.2 cm³/mol. The summed E-state index contributed by atoms with van der Waals surface area (Å²) >= 11 is 0. The Kier molecular flexibility index (Phi) is 2.31. The third-order valence-electron chi connectivity index (χ3n) is 2.12. The maximum absolute atomic E-state index is 11.3. The quantitative estimate of drug-likeness (QED) is 0.668. The monoisotopic (exact) mass is 180 g/mol. The van der Waals surface area contributed by atoms with Crippen molar-refractivity contribution in [1.29, 1.82) is 0 Å². The van der Waals surface area contributed by atoms with Gasteiger partial charge in [0, 0.05) is 19.5 Å². The second-order valence-electron chi connectivity index (χ2n) is 3.08. The number of nitrogens with one attached hydrogen (secondary N) is 2. The zero-order valence-corrected chi connectivity index (χ0v) is 7.25. The van der Waals surface area contributed by atoms with E-state index in [1.165, 1.54) is 0 Å². The number of amides is 1. The minimum absolute atomic E-state index is 0.0580. The normalized spacial score (nSPS) is 22.8. The molecule has 2 heterocycles. The van der Waals surface area contributed by atoms with Crippen LogP contribution in [0.5, 0.6) is 0 Å². The summed E-state index contributed by atoms with van der Waals surface area (Å²) in [6.07, 6.45) is 2.24. The van der Waals surface area contributed by atoms with E-state index in [4.69, 9.17) is 4.42 Å². The van der Waals surface area contributed by atoms with E-state index in [0.29, 0.717) is 13.0 Å². The molecule has 2 N–H and O–H groups in total. The Hall–Kier alpha value is -1.29. The number of rotatable bonds is 2. The Morgan fingerprint density at radius 1 is 1.54 bits per heavy atom. The molecule has 0 aliphatic carbocycles. The highest BCUT2D eigenvalue weighted by Gasteiger charge is 2.22. The first kappa shape index (κ1) is 8.31. The van der Waals surface area contributed by atoms with Crippen molar-refractivity contribution in [2.75, 3.05) is 13.1 Å². The number of carbonyl (C=O) groups is 1. The molecule has 1 aliphatic heterocycles. The Morgan fingerprint density at radius 2 is 2.46 bits per heavy atom. The molecule has 4 nitrogen and oxygen atoms in total. The molecule has 1 aliphatic rings. The van der Waals surface area contributed by atoms with Crippen LogP contribution >= 0.6 is 0 Å². The molecule has 1 saturated heterocycles. The SMILES string of the molecule is O=C1NCCNC1Cc1ccco1. The van der Waals surface area contributed by atoms with Crippen molar-refractivity contribution in [1.82, 2.24) is 10.6 Å². The minimum Gasteiger partial charge on any atom is -0.469 e. The average Bonchev–Trinajstić information content (AvgIpc) is 2.61. The second-order valence-corrected chi connectivity index (χ2v) is 3.08. The van der Waals surface area contributed by atoms with E-state index in [1.54, 1.807) is 6.26 Å². The van der Waals surface area contributed by atoms with Gasteiger partial charge in [0.25, 0.3) is 0 Å². The molecule has 1 fully saturated rings. The summed E-state index contributed by atoms with van der Waals surface area (Å²) in [5.41, 5.74) is 0. The van der Waals surface area contributed by atoms with Gasteiger partial charge in [0.2, 0.25) is 5.91 Å². The van der Waals surface area contributed by atoms with Gasteiger partial charge in [-0.3, -0.25) is 4.79 Å². The molecule has 1 aromatic rings. The zero-order chi connectivity index (χ0) is 9.10. The standard InChI is InChI=1S/C9H12N2O2/c12-9-8(10-3-4-11-9)6-7-2-1-5-13-7/h1-2,5,8,10H,3-4,6H2,(H,11,12). The average molecular weight is 180 g/mol. The molecule has 13 heavy (non-hydrogen) atoms. The van der Waals surface area contributed by atoms with Crippen molar-refractivity contribution in [3.8, 4) is 0 Å². The van der Waals surface area contributed by atoms with Crippen LogP contribution in [0.4, 0.5) is 0 Å². The highest BCUT2D eigenvalue weighted by atomic mass is 16.3. The molecule has 1 atom stereocenters. The summed E-state index contributed by atoms with van der Waals surface area (Å²) in [6.45, 7) is 1.55. The third-order valence-corrected chi connectivity index (χ3v) is 2.12. The summed E-state index contributed by atoms with van der Waals surface area (Å²) in [5, 5.41) is 5.94. The number of hydrogen-bond donors (Lipinski definition) is 2. The predicted octanol–water partition coefficient (Wildman–Crippen LogP) is -0.0899. The molecule has 0 saturated carbocycles. The minimum atomic E-state index is -0.139. The van der Waals surface area contributed by atoms with Gasteiger partial charge >= 0.3 is 0 Å². The van der Waals surface area contributed by atoms with Crippen molar-refractivity contribution in [2.24, 2.45) is 0 Å². The molecule has 0 bridgehead atoms. The van der Waals surface area contributed by atoms with Gasteiger partial charge in [-0.05, 0) is 12.1 Å². The van der Waals surface area contributed by atoms with Crippen LogP contribution in [0.3, 0.4) is 0 Å². The lowest BCUT2D eigenvalue weighted by Gasteiger charge is -2.22. The maximum atomic E-state index is 11.3. The molecule has 0 radical (unpaired) electrons. The fourth-order valence-corrected chi connectivity index (χ4v) is 1.44. The second kappa shape index (κ2) is 3.62. The molecule has 1 amide bonds. The van der Waals surface area contributed by atoms with E-state index in [0.717, 1.165) is 12.3 Å². The number of piperazine rings is 1. The summed E-state index contributed by atoms with van der Waals surface area (Å²) in [7, 11) is 0. The van der Waals surface area contributed by atoms with Crippen LogP contribution < -0.4 is 10.6 Å². The van der Waals surface area contributed by atoms with Crippen LogP contribution in [-0.4, -0.2) is 25.0 Å². The van der Waals surface area contributed by atoms with Crippen molar-refractivity contribution < 1.29 is 9.21 Å². The van der Waals surface area contributed by atoms with E-state index in [1.807, 2.05) is 12.1 Å². The van der Waals surface area contributed by atoms with Gasteiger partial charge < -0.3 is 15.1 Å². The molecular weight excluding hydrogens is 168 g/mol. The van der Waals surface area contributed by atoms with Gasteiger partial charge in [-0.2, -0.15) is 0 Å². The fourth-order valence-electron chi connectivity index (χ4n) is 1.44. The van der Waals surface area contributed by atoms with Gasteiger partial charge in [-0.1, -0.05) is 0 Å². The molecule has 1 aromatic heterocycles. The van der Waals surface area contributed by atoms with Gasteiger partial charge in [0.15, 0.2) is 0 Å². The first-order valence-electron chi connectivity index (χ1n) is 4.40. The lowest BCUT2D eigenvalue weighted by molar-refractivity contribution is -0.124. The number of hydrogen-bond acceptors (Lipinski definition) is 3. The summed E-state index contributed by atoms with van der Waals surface area (Å²) < 4.78 is 5.16. The molecule has 0 aromatic carbocycles. The van der Waals surface area contributed by atoms with Gasteiger partial charge in [0.1, 0.15) is 5.76 Å². The van der Waals surface area contributed by atoms with Crippen LogP contribution in [0.25, 0.3) is 0 Å². The lowest BCUT2D eigenvalue weighted by Crippen LogP contribution is -2.53. The fraction of sp³-hybridized carbons (Fsp3) is 0.444. The lowest BCUT2D eigenvalue weighted by atomic mass is 10.1. The Morgan fingerprint density at radius 3 is 3.15 bits per heavy atom. The molecular formula is C9H12N2O2. The Balaban J connectivity index is 1.97. The smallest absolute Gasteiger partial charge is 0.237 e. The van der Waals surface area contributed by atoms with E-state index in [-0.39, 0.29) is 11.9 Å². The van der Waals surface area contributed by atoms with Crippen molar-refractivity contribution in [2.45, 2.75) is 12.5 Å². The first-order valence-corrected chi connectivity index (χ1v) is 4.40. The van der Waals surface area contributed by atoms with Crippen molar-refractivity contribution in [3.63, 3.8) is 0 Å². The first-order chi connectivity index (χ1) is 6.36. The highest BCUT2D eigenvalue weighted by molar-refractivity contribution is 5.82. The van der Waals surface area contributed by atoms with Gasteiger partial charge in [-0.25, -0.2) is 0 Å². The largest absolute Gasteiger partial charge is 0.469 e. The molecule has 70 valence electrons. The summed E-state index contributed by atoms with van der Waals surface area (Å²) in [5.74, 6) is 0.900. The Bertz CT molecular complexity index is 282. The Labute approximate surface area is 76.3 Å². The van der Waals surface area contributed by atoms with Crippen LogP contribution in [-0.2, 0) is 11.2 Å². The third kappa shape index (κ3) is 1.89. The molecule has 0 spiro atoms. The zero-order valence-electron chi connectivity index (χ0n) is 7.25. The maximum Gasteiger partial charge on any atom is 0.237 e. The van der Waals surface area contributed by atoms with E-state index in [2.05, 4.69) is 10.6 Å². The number of furan rings is 1. The molecule has 1 unspecified atom stereocenters. The summed E-state index contributed by atoms with van der Waals surface area (Å²) in [4.78, 5) is 11.3. The van der Waals surface area contributed by atoms with Gasteiger partial charge in [0.05, 0.1) is 12.3 Å². The van der Waals surface area contributed by atoms with Crippen molar-refractivity contribution >= 4 is 5.91 Å². The molecule has 4 heteroatoms. The summed E-state index contributed by atoms with van der Waals surface area (Å²) in [6, 6.07) is 3.57. The van der Waals surface area contributed by atoms with Crippen LogP contribution in [0.2, 0.25) is 0 Å². The van der Waals surface area contributed by atoms with Crippen LogP contribution in [0, 0.1) is 0 Å². The van der Waals surface area contributed by atoms with Crippen LogP contribution in [0.15, 0.2) is 22.8 Å². The van der Waals surface area contributed by atoms with E-state index < -0.39 is 0 Å². The molecule has 2 rings (SSSR count). The topological polar surface area (TPSA) is 54.3 Å². The van der Waals surface area contributed by atoms with Gasteiger partial charge in [-0.15, -0.1) is 0 Å². The van der Waals surface area contributed by atoms with Crippen LogP contribution in [0.1, 0.15) is 5.76 Å². The van der Waals surface area contributed by atoms with Crippen molar-refractivity contribution in [3.05, 3.63) is 24.2 Å².